The lowest BCUT2D eigenvalue weighted by atomic mass is 9.69. The van der Waals surface area contributed by atoms with Gasteiger partial charge in [-0.3, -0.25) is 0 Å². The van der Waals surface area contributed by atoms with Gasteiger partial charge in [0.25, 0.3) is 0 Å². The van der Waals surface area contributed by atoms with Crippen molar-refractivity contribution in [2.24, 2.45) is 5.92 Å². The second-order valence-electron chi connectivity index (χ2n) is 9.06. The molecule has 2 unspecified atom stereocenters. The molecule has 1 aliphatic rings. The quantitative estimate of drug-likeness (QED) is 0.245. The molecule has 0 radical (unpaired) electrons. The molecular weight excluding hydrogens is 544 g/mol. The highest BCUT2D eigenvalue weighted by molar-refractivity contribution is 9.10. The molecule has 0 spiro atoms. The zero-order chi connectivity index (χ0) is 24.3. The van der Waals surface area contributed by atoms with Crippen molar-refractivity contribution in [2.45, 2.75) is 57.7 Å². The molecule has 2 heteroatoms. The number of benzene rings is 3. The van der Waals surface area contributed by atoms with Crippen LogP contribution in [-0.4, -0.2) is 0 Å². The topological polar surface area (TPSA) is 0 Å². The van der Waals surface area contributed by atoms with E-state index in [1.807, 2.05) is 0 Å². The molecule has 0 saturated heterocycles. The minimum absolute atomic E-state index is 0.250. The van der Waals surface area contributed by atoms with E-state index in [1.54, 1.807) is 0 Å². The average Bonchev–Trinajstić information content (AvgIpc) is 2.89. The summed E-state index contributed by atoms with van der Waals surface area (Å²) >= 11 is 8.47. The summed E-state index contributed by atoms with van der Waals surface area (Å²) in [5, 5.41) is 0. The van der Waals surface area contributed by atoms with Gasteiger partial charge in [-0.2, -0.15) is 0 Å². The van der Waals surface area contributed by atoms with E-state index in [-0.39, 0.29) is 4.32 Å². The largest absolute Gasteiger partial charge is 0.0789 e. The van der Waals surface area contributed by atoms with Crippen molar-refractivity contribution in [3.8, 4) is 11.1 Å². The van der Waals surface area contributed by atoms with Crippen LogP contribution in [0.25, 0.3) is 16.7 Å². The number of aryl methyl sites for hydroxylation is 1. The van der Waals surface area contributed by atoms with E-state index in [1.165, 1.54) is 49.0 Å². The van der Waals surface area contributed by atoms with Crippen LogP contribution < -0.4 is 0 Å². The first-order valence-electron chi connectivity index (χ1n) is 12.6. The van der Waals surface area contributed by atoms with Crippen LogP contribution in [0.5, 0.6) is 0 Å². The predicted octanol–water partition coefficient (Wildman–Crippen LogP) is 10.3. The molecule has 34 heavy (non-hydrogen) atoms. The van der Waals surface area contributed by atoms with E-state index in [9.17, 15) is 0 Å². The molecule has 0 fully saturated rings. The Kier molecular flexibility index (Phi) is 8.00. The summed E-state index contributed by atoms with van der Waals surface area (Å²) in [6.07, 6.45) is 8.99. The Morgan fingerprint density at radius 2 is 1.41 bits per heavy atom. The van der Waals surface area contributed by atoms with Crippen molar-refractivity contribution in [1.82, 2.24) is 0 Å². The van der Waals surface area contributed by atoms with Crippen LogP contribution in [0.4, 0.5) is 0 Å². The van der Waals surface area contributed by atoms with Gasteiger partial charge in [0.2, 0.25) is 0 Å². The molecule has 2 atom stereocenters. The number of alkyl halides is 1. The van der Waals surface area contributed by atoms with Gasteiger partial charge in [-0.15, -0.1) is 0 Å². The Bertz CT molecular complexity index is 1200. The summed E-state index contributed by atoms with van der Waals surface area (Å²) in [6, 6.07) is 24.2. The second-order valence-corrected chi connectivity index (χ2v) is 11.1. The number of halogens is 2. The van der Waals surface area contributed by atoms with E-state index < -0.39 is 0 Å². The van der Waals surface area contributed by atoms with Crippen LogP contribution >= 0.6 is 31.9 Å². The van der Waals surface area contributed by atoms with Gasteiger partial charge in [0.05, 0.1) is 4.32 Å². The first-order valence-corrected chi connectivity index (χ1v) is 14.1. The lowest BCUT2D eigenvalue weighted by Crippen LogP contribution is -2.34. The highest BCUT2D eigenvalue weighted by Gasteiger charge is 2.44. The van der Waals surface area contributed by atoms with Crippen molar-refractivity contribution in [3.63, 3.8) is 0 Å². The minimum Gasteiger partial charge on any atom is -0.0745 e. The summed E-state index contributed by atoms with van der Waals surface area (Å²) < 4.78 is 1.02. The van der Waals surface area contributed by atoms with Crippen molar-refractivity contribution >= 4 is 37.4 Å². The lowest BCUT2D eigenvalue weighted by molar-refractivity contribution is 0.494. The van der Waals surface area contributed by atoms with Gasteiger partial charge in [-0.1, -0.05) is 132 Å². The molecule has 3 aromatic carbocycles. The standard InChI is InChI=1S/C32H34Br2/c1-5-22-21-29(24-17-13-10-14-18-24)30(28(8-4)31(22)33)32(34)26(6-2)19-25(20-27(32)7-3)23-15-11-9-12-16-23/h9-21,26H,5-8H2,1-4H3. The number of hydrogen-bond donors (Lipinski definition) is 0. The first kappa shape index (κ1) is 25.2. The van der Waals surface area contributed by atoms with Gasteiger partial charge in [-0.25, -0.2) is 0 Å². The fourth-order valence-corrected chi connectivity index (χ4v) is 7.63. The molecule has 0 N–H and O–H groups in total. The molecule has 0 amide bonds. The average molecular weight is 578 g/mol. The van der Waals surface area contributed by atoms with Crippen LogP contribution in [-0.2, 0) is 17.2 Å². The fourth-order valence-electron chi connectivity index (χ4n) is 5.45. The lowest BCUT2D eigenvalue weighted by Gasteiger charge is -2.43. The zero-order valence-corrected chi connectivity index (χ0v) is 23.8. The maximum absolute atomic E-state index is 4.44. The molecule has 0 heterocycles. The third-order valence-electron chi connectivity index (χ3n) is 7.24. The van der Waals surface area contributed by atoms with Crippen LogP contribution in [0.1, 0.15) is 62.8 Å². The Hall–Kier alpha value is -1.90. The molecule has 1 aliphatic carbocycles. The van der Waals surface area contributed by atoms with E-state index in [2.05, 4.69) is 138 Å². The summed E-state index contributed by atoms with van der Waals surface area (Å²) in [7, 11) is 0. The molecule has 0 bridgehead atoms. The van der Waals surface area contributed by atoms with E-state index in [4.69, 9.17) is 0 Å². The van der Waals surface area contributed by atoms with Crippen LogP contribution in [0.2, 0.25) is 0 Å². The van der Waals surface area contributed by atoms with Gasteiger partial charge in [0.1, 0.15) is 0 Å². The maximum atomic E-state index is 4.44. The highest BCUT2D eigenvalue weighted by atomic mass is 79.9. The zero-order valence-electron chi connectivity index (χ0n) is 20.7. The molecule has 0 nitrogen and oxygen atoms in total. The summed E-state index contributed by atoms with van der Waals surface area (Å²) in [4.78, 5) is 0. The maximum Gasteiger partial charge on any atom is 0.0789 e. The molecule has 0 aliphatic heterocycles. The smallest absolute Gasteiger partial charge is 0.0745 e. The molecular formula is C32H34Br2. The third-order valence-corrected chi connectivity index (χ3v) is 9.72. The van der Waals surface area contributed by atoms with Gasteiger partial charge < -0.3 is 0 Å². The molecule has 4 rings (SSSR count). The van der Waals surface area contributed by atoms with Gasteiger partial charge in [0.15, 0.2) is 0 Å². The Morgan fingerprint density at radius 3 is 1.94 bits per heavy atom. The first-order chi connectivity index (χ1) is 16.5. The van der Waals surface area contributed by atoms with Crippen molar-refractivity contribution < 1.29 is 0 Å². The van der Waals surface area contributed by atoms with Gasteiger partial charge >= 0.3 is 0 Å². The van der Waals surface area contributed by atoms with E-state index in [0.717, 1.165) is 25.7 Å². The minimum atomic E-state index is -0.250. The number of allylic oxidation sites excluding steroid dienone is 4. The van der Waals surface area contributed by atoms with Crippen LogP contribution in [0.3, 0.4) is 0 Å². The SMILES string of the molecule is CCC1=CC(c2ccccc2)=CC(CC)C1(Br)c1c(-c2ccccc2)cc(CC)c(Br)c1CC. The van der Waals surface area contributed by atoms with Crippen molar-refractivity contribution in [2.75, 3.05) is 0 Å². The molecule has 0 saturated carbocycles. The third kappa shape index (κ3) is 4.40. The predicted molar refractivity (Wildman–Crippen MR) is 156 cm³/mol. The van der Waals surface area contributed by atoms with Crippen molar-refractivity contribution in [1.29, 1.82) is 0 Å². The molecule has 3 aromatic rings. The summed E-state index contributed by atoms with van der Waals surface area (Å²) in [6.45, 7) is 9.16. The highest BCUT2D eigenvalue weighted by Crippen LogP contribution is 2.56. The van der Waals surface area contributed by atoms with E-state index >= 15 is 0 Å². The Balaban J connectivity index is 2.03. The fraction of sp³-hybridized carbons (Fsp3) is 0.312. The van der Waals surface area contributed by atoms with Crippen LogP contribution in [0, 0.1) is 5.92 Å². The van der Waals surface area contributed by atoms with Gasteiger partial charge in [0, 0.05) is 10.4 Å². The van der Waals surface area contributed by atoms with Gasteiger partial charge in [-0.05, 0) is 76.3 Å². The van der Waals surface area contributed by atoms with Crippen LogP contribution in [0.15, 0.2) is 88.9 Å². The number of rotatable bonds is 7. The summed E-state index contributed by atoms with van der Waals surface area (Å²) in [5.74, 6) is 0.342. The monoisotopic (exact) mass is 576 g/mol. The molecule has 0 aromatic heterocycles. The molecule has 176 valence electrons. The summed E-state index contributed by atoms with van der Waals surface area (Å²) in [5.41, 5.74) is 10.9. The normalized spacial score (nSPS) is 20.1. The number of hydrogen-bond acceptors (Lipinski definition) is 0. The van der Waals surface area contributed by atoms with Crippen molar-refractivity contribution in [3.05, 3.63) is 111 Å². The Labute approximate surface area is 222 Å². The van der Waals surface area contributed by atoms with E-state index in [0.29, 0.717) is 5.92 Å². The second kappa shape index (κ2) is 10.8. The Morgan fingerprint density at radius 1 is 0.794 bits per heavy atom.